The summed E-state index contributed by atoms with van der Waals surface area (Å²) in [6.07, 6.45) is 2.94. The maximum atomic E-state index is 13.3. The van der Waals surface area contributed by atoms with Gasteiger partial charge in [-0.15, -0.1) is 11.3 Å². The highest BCUT2D eigenvalue weighted by Gasteiger charge is 2.25. The quantitative estimate of drug-likeness (QED) is 0.410. The van der Waals surface area contributed by atoms with E-state index in [9.17, 15) is 9.59 Å². The molecule has 0 aliphatic rings. The van der Waals surface area contributed by atoms with Crippen LogP contribution in [-0.4, -0.2) is 33.1 Å². The molecular formula is C23H21ClN4O3S. The fraction of sp³-hybridized carbons (Fsp3) is 0.217. The van der Waals surface area contributed by atoms with Gasteiger partial charge in [0.2, 0.25) is 0 Å². The zero-order valence-electron chi connectivity index (χ0n) is 17.8. The second-order valence-corrected chi connectivity index (χ2v) is 9.66. The van der Waals surface area contributed by atoms with Gasteiger partial charge in [-0.05, 0) is 30.3 Å². The van der Waals surface area contributed by atoms with Crippen LogP contribution in [0, 0.1) is 5.41 Å². The molecular weight excluding hydrogens is 448 g/mol. The molecule has 0 spiro atoms. The molecule has 2 heterocycles. The van der Waals surface area contributed by atoms with Crippen LogP contribution in [0.2, 0.25) is 5.02 Å². The lowest BCUT2D eigenvalue weighted by molar-refractivity contribution is -0.128. The molecule has 1 N–H and O–H groups in total. The number of rotatable bonds is 6. The number of hydrogen-bond donors (Lipinski definition) is 1. The smallest absolute Gasteiger partial charge is 0.269 e. The number of amides is 1. The Bertz CT molecular complexity index is 1290. The first kappa shape index (κ1) is 22.0. The molecule has 0 bridgehead atoms. The van der Waals surface area contributed by atoms with Crippen LogP contribution < -0.4 is 10.1 Å². The normalized spacial score (nSPS) is 11.5. The average molecular weight is 469 g/mol. The molecule has 1 amide bonds. The van der Waals surface area contributed by atoms with Crippen LogP contribution in [0.25, 0.3) is 15.8 Å². The van der Waals surface area contributed by atoms with Crippen LogP contribution >= 0.6 is 22.9 Å². The van der Waals surface area contributed by atoms with Gasteiger partial charge in [-0.25, -0.2) is 9.67 Å². The third-order valence-corrected chi connectivity index (χ3v) is 6.20. The van der Waals surface area contributed by atoms with E-state index < -0.39 is 5.41 Å². The lowest BCUT2D eigenvalue weighted by Crippen LogP contribution is -2.26. The molecule has 4 aromatic rings. The highest BCUT2D eigenvalue weighted by Crippen LogP contribution is 2.39. The first-order valence-electron chi connectivity index (χ1n) is 9.87. The van der Waals surface area contributed by atoms with Gasteiger partial charge in [0.25, 0.3) is 5.91 Å². The molecule has 0 aliphatic carbocycles. The minimum Gasteiger partial charge on any atom is -0.483 e. The number of halogens is 1. The number of Topliss-reactive ketones (excluding diaryl/α,β-unsaturated/α-hetero) is 1. The maximum Gasteiger partial charge on any atom is 0.269 e. The summed E-state index contributed by atoms with van der Waals surface area (Å²) in [7, 11) is 0. The van der Waals surface area contributed by atoms with Crippen molar-refractivity contribution in [1.29, 1.82) is 0 Å². The zero-order chi connectivity index (χ0) is 22.9. The summed E-state index contributed by atoms with van der Waals surface area (Å²) < 4.78 is 8.34. The van der Waals surface area contributed by atoms with Crippen molar-refractivity contribution in [2.45, 2.75) is 20.8 Å². The molecule has 2 aromatic heterocycles. The number of carbonyl (C=O) groups is 2. The van der Waals surface area contributed by atoms with Gasteiger partial charge >= 0.3 is 0 Å². The molecule has 2 aromatic carbocycles. The number of nitrogens with one attached hydrogen (secondary N) is 1. The molecule has 0 saturated carbocycles. The number of thiophene rings is 1. The molecule has 9 heteroatoms. The highest BCUT2D eigenvalue weighted by atomic mass is 35.5. The van der Waals surface area contributed by atoms with Crippen LogP contribution in [0.5, 0.6) is 5.75 Å². The van der Waals surface area contributed by atoms with Crippen LogP contribution in [0.15, 0.2) is 55.1 Å². The molecule has 0 atom stereocenters. The Morgan fingerprint density at radius 2 is 1.97 bits per heavy atom. The number of carbonyl (C=O) groups excluding carboxylic acids is 2. The van der Waals surface area contributed by atoms with Gasteiger partial charge < -0.3 is 10.1 Å². The Morgan fingerprint density at radius 1 is 1.19 bits per heavy atom. The Labute approximate surface area is 194 Å². The number of ketones is 1. The van der Waals surface area contributed by atoms with Crippen LogP contribution in [0.1, 0.15) is 30.4 Å². The van der Waals surface area contributed by atoms with E-state index in [2.05, 4.69) is 15.4 Å². The summed E-state index contributed by atoms with van der Waals surface area (Å²) in [4.78, 5) is 30.1. The average Bonchev–Trinajstić information content (AvgIpc) is 3.39. The predicted molar refractivity (Wildman–Crippen MR) is 126 cm³/mol. The van der Waals surface area contributed by atoms with Crippen LogP contribution in [0.3, 0.4) is 0 Å². The number of nitrogens with zero attached hydrogens (tertiary/aromatic N) is 3. The standard InChI is InChI=1S/C23H21ClN4O3S/c1-23(2,3)19(29)11-31-20-15-6-4-5-7-18(15)32-21(20)22(30)27-16-10-14(24)8-9-17(16)28-13-25-12-26-28/h4-10,12-13H,11H2,1-3H3,(H,27,30). The third-order valence-electron chi connectivity index (χ3n) is 4.81. The lowest BCUT2D eigenvalue weighted by atomic mass is 9.91. The molecule has 32 heavy (non-hydrogen) atoms. The van der Waals surface area contributed by atoms with Gasteiger partial charge in [-0.2, -0.15) is 5.10 Å². The first-order valence-corrected chi connectivity index (χ1v) is 11.1. The third kappa shape index (κ3) is 4.51. The van der Waals surface area contributed by atoms with Gasteiger partial charge in [0.15, 0.2) is 11.5 Å². The molecule has 4 rings (SSSR count). The van der Waals surface area contributed by atoms with E-state index in [1.807, 2.05) is 45.0 Å². The molecule has 7 nitrogen and oxygen atoms in total. The molecule has 0 saturated heterocycles. The van der Waals surface area contributed by atoms with Gasteiger partial charge in [0.05, 0.1) is 11.4 Å². The van der Waals surface area contributed by atoms with E-state index in [4.69, 9.17) is 16.3 Å². The van der Waals surface area contributed by atoms with Gasteiger partial charge in [0.1, 0.15) is 24.1 Å². The van der Waals surface area contributed by atoms with Crippen molar-refractivity contribution in [2.75, 3.05) is 11.9 Å². The summed E-state index contributed by atoms with van der Waals surface area (Å²) >= 11 is 7.48. The molecule has 0 aliphatic heterocycles. The summed E-state index contributed by atoms with van der Waals surface area (Å²) in [6, 6.07) is 12.7. The lowest BCUT2D eigenvalue weighted by Gasteiger charge is -2.17. The number of hydrogen-bond acceptors (Lipinski definition) is 6. The Morgan fingerprint density at radius 3 is 2.69 bits per heavy atom. The minimum absolute atomic E-state index is 0.0533. The van der Waals surface area contributed by atoms with E-state index in [1.165, 1.54) is 28.7 Å². The largest absolute Gasteiger partial charge is 0.483 e. The van der Waals surface area contributed by atoms with Gasteiger partial charge in [-0.1, -0.05) is 44.5 Å². The molecule has 0 fully saturated rings. The zero-order valence-corrected chi connectivity index (χ0v) is 19.3. The number of anilines is 1. The van der Waals surface area contributed by atoms with Crippen molar-refractivity contribution >= 4 is 50.4 Å². The summed E-state index contributed by atoms with van der Waals surface area (Å²) in [5, 5.41) is 8.29. The second kappa shape index (κ2) is 8.72. The van der Waals surface area contributed by atoms with E-state index in [1.54, 1.807) is 18.2 Å². The molecule has 0 unspecified atom stereocenters. The van der Waals surface area contributed by atoms with Crippen LogP contribution in [0.4, 0.5) is 5.69 Å². The van der Waals surface area contributed by atoms with Crippen molar-refractivity contribution in [2.24, 2.45) is 5.41 Å². The Balaban J connectivity index is 1.69. The Hall–Kier alpha value is -3.23. The molecule has 0 radical (unpaired) electrons. The highest BCUT2D eigenvalue weighted by molar-refractivity contribution is 7.21. The van der Waals surface area contributed by atoms with Crippen LogP contribution in [-0.2, 0) is 4.79 Å². The van der Waals surface area contributed by atoms with Crippen molar-refractivity contribution in [3.8, 4) is 11.4 Å². The van der Waals surface area contributed by atoms with E-state index >= 15 is 0 Å². The predicted octanol–water partition coefficient (Wildman–Crippen LogP) is 5.38. The SMILES string of the molecule is CC(C)(C)C(=O)COc1c(C(=O)Nc2cc(Cl)ccc2-n2cncn2)sc2ccccc12. The number of fused-ring (bicyclic) bond motifs is 1. The van der Waals surface area contributed by atoms with Crippen molar-refractivity contribution < 1.29 is 14.3 Å². The van der Waals surface area contributed by atoms with Crippen molar-refractivity contribution in [1.82, 2.24) is 14.8 Å². The van der Waals surface area contributed by atoms with E-state index in [0.717, 1.165) is 10.1 Å². The van der Waals surface area contributed by atoms with E-state index in [-0.39, 0.29) is 18.3 Å². The molecule has 164 valence electrons. The fourth-order valence-electron chi connectivity index (χ4n) is 2.99. The number of benzene rings is 2. The monoisotopic (exact) mass is 468 g/mol. The van der Waals surface area contributed by atoms with Gasteiger partial charge in [-0.3, -0.25) is 9.59 Å². The maximum absolute atomic E-state index is 13.3. The fourth-order valence-corrected chi connectivity index (χ4v) is 4.20. The number of aromatic nitrogens is 3. The van der Waals surface area contributed by atoms with Crippen molar-refractivity contribution in [3.05, 3.63) is 65.0 Å². The Kier molecular flexibility index (Phi) is 5.99. The topological polar surface area (TPSA) is 86.1 Å². The summed E-state index contributed by atoms with van der Waals surface area (Å²) in [6.45, 7) is 5.39. The summed E-state index contributed by atoms with van der Waals surface area (Å²) in [5.41, 5.74) is 0.552. The second-order valence-electron chi connectivity index (χ2n) is 8.17. The summed E-state index contributed by atoms with van der Waals surface area (Å²) in [5.74, 6) is -0.0273. The first-order chi connectivity index (χ1) is 15.2. The number of ether oxygens (including phenoxy) is 1. The van der Waals surface area contributed by atoms with Gasteiger partial charge in [0, 0.05) is 20.5 Å². The van der Waals surface area contributed by atoms with E-state index in [0.29, 0.717) is 27.0 Å². The minimum atomic E-state index is -0.540. The van der Waals surface area contributed by atoms with Crippen molar-refractivity contribution in [3.63, 3.8) is 0 Å².